The molecule has 1 N–H and O–H groups in total. The Morgan fingerprint density at radius 1 is 1.19 bits per heavy atom. The van der Waals surface area contributed by atoms with Crippen LogP contribution in [-0.4, -0.2) is 50.3 Å². The number of hydrogen-bond acceptors (Lipinski definition) is 5. The topological polar surface area (TPSA) is 83.9 Å². The molecule has 1 amide bonds. The van der Waals surface area contributed by atoms with Crippen molar-refractivity contribution >= 4 is 27.5 Å². The van der Waals surface area contributed by atoms with Crippen molar-refractivity contribution in [3.63, 3.8) is 0 Å². The summed E-state index contributed by atoms with van der Waals surface area (Å²) in [7, 11) is -4.19. The van der Waals surface area contributed by atoms with Gasteiger partial charge in [-0.05, 0) is 55.3 Å². The van der Waals surface area contributed by atoms with Crippen LogP contribution in [0.3, 0.4) is 0 Å². The number of sulfone groups is 1. The fourth-order valence-corrected chi connectivity index (χ4v) is 5.85. The van der Waals surface area contributed by atoms with E-state index < -0.39 is 44.8 Å². The van der Waals surface area contributed by atoms with Crippen molar-refractivity contribution in [3.8, 4) is 0 Å². The van der Waals surface area contributed by atoms with Gasteiger partial charge < -0.3 is 14.7 Å². The van der Waals surface area contributed by atoms with Crippen molar-refractivity contribution in [3.05, 3.63) is 64.7 Å². The third-order valence-corrected chi connectivity index (χ3v) is 8.02. The molecule has 1 saturated heterocycles. The molecule has 3 rings (SSSR count). The zero-order valence-corrected chi connectivity index (χ0v) is 19.0. The molecule has 2 atom stereocenters. The maximum Gasteiger partial charge on any atom is 0.409 e. The fourth-order valence-electron chi connectivity index (χ4n) is 3.71. The van der Waals surface area contributed by atoms with E-state index in [9.17, 15) is 27.1 Å². The first-order valence-corrected chi connectivity index (χ1v) is 12.1. The van der Waals surface area contributed by atoms with Crippen LogP contribution in [0.15, 0.2) is 47.4 Å². The molecular formula is C22H24ClF2NO5S. The molecule has 2 aromatic rings. The lowest BCUT2D eigenvalue weighted by atomic mass is 10.0. The summed E-state index contributed by atoms with van der Waals surface area (Å²) in [4.78, 5) is 13.7. The summed E-state index contributed by atoms with van der Waals surface area (Å²) in [6.07, 6.45) is -0.270. The Morgan fingerprint density at radius 2 is 1.81 bits per heavy atom. The number of aliphatic hydroxyl groups excluding tert-OH is 1. The number of amides is 1. The average molecular weight is 488 g/mol. The lowest BCUT2D eigenvalue weighted by molar-refractivity contribution is 0.0529. The standard InChI is InChI=1S/C22H24ClF2NO5S/c1-14(13-31-22(28)26-10-8-17(27)9-11-26)21(19-12-16(24)4-7-20(19)25)32(29,30)18-5-2-15(23)3-6-18/h2-7,12,14,17,21,27H,8-11,13H2,1H3. The van der Waals surface area contributed by atoms with Crippen LogP contribution in [0, 0.1) is 17.6 Å². The molecule has 10 heteroatoms. The van der Waals surface area contributed by atoms with Gasteiger partial charge in [0.25, 0.3) is 0 Å². The Kier molecular flexibility index (Phi) is 7.74. The third kappa shape index (κ3) is 5.57. The summed E-state index contributed by atoms with van der Waals surface area (Å²) in [5, 5.41) is 8.39. The number of nitrogens with zero attached hydrogens (tertiary/aromatic N) is 1. The first-order valence-electron chi connectivity index (χ1n) is 10.1. The van der Waals surface area contributed by atoms with E-state index >= 15 is 0 Å². The Bertz CT molecular complexity index is 1060. The van der Waals surface area contributed by atoms with Crippen LogP contribution in [0.25, 0.3) is 0 Å². The van der Waals surface area contributed by atoms with Crippen molar-refractivity contribution in [2.45, 2.75) is 36.0 Å². The van der Waals surface area contributed by atoms with E-state index in [1.54, 1.807) is 0 Å². The molecule has 174 valence electrons. The van der Waals surface area contributed by atoms with Gasteiger partial charge >= 0.3 is 6.09 Å². The Balaban J connectivity index is 1.87. The second-order valence-electron chi connectivity index (χ2n) is 7.86. The molecule has 0 saturated carbocycles. The molecule has 0 radical (unpaired) electrons. The van der Waals surface area contributed by atoms with E-state index in [4.69, 9.17) is 16.3 Å². The number of benzene rings is 2. The van der Waals surface area contributed by atoms with Crippen molar-refractivity contribution in [2.24, 2.45) is 5.92 Å². The summed E-state index contributed by atoms with van der Waals surface area (Å²) in [5.74, 6) is -2.56. The lowest BCUT2D eigenvalue weighted by Gasteiger charge is -2.30. The molecule has 1 aliphatic rings. The summed E-state index contributed by atoms with van der Waals surface area (Å²) >= 11 is 5.85. The number of aliphatic hydroxyl groups is 1. The van der Waals surface area contributed by atoms with Crippen molar-refractivity contribution in [1.82, 2.24) is 4.90 Å². The van der Waals surface area contributed by atoms with Gasteiger partial charge in [-0.15, -0.1) is 0 Å². The van der Waals surface area contributed by atoms with E-state index in [1.807, 2.05) is 0 Å². The normalized spacial score (nSPS) is 17.1. The average Bonchev–Trinajstić information content (AvgIpc) is 2.75. The fraction of sp³-hybridized carbons (Fsp3) is 0.409. The monoisotopic (exact) mass is 487 g/mol. The van der Waals surface area contributed by atoms with Gasteiger partial charge in [0.1, 0.15) is 11.6 Å². The second kappa shape index (κ2) is 10.1. The summed E-state index contributed by atoms with van der Waals surface area (Å²) in [5.41, 5.74) is -0.343. The molecule has 2 aromatic carbocycles. The van der Waals surface area contributed by atoms with Gasteiger partial charge in [0.15, 0.2) is 9.84 Å². The molecule has 0 bridgehead atoms. The maximum atomic E-state index is 14.6. The van der Waals surface area contributed by atoms with Crippen LogP contribution in [0.2, 0.25) is 5.02 Å². The number of rotatable bonds is 6. The number of piperidine rings is 1. The predicted octanol–water partition coefficient (Wildman–Crippen LogP) is 4.36. The Labute approximate surface area is 190 Å². The molecule has 0 aromatic heterocycles. The highest BCUT2D eigenvalue weighted by atomic mass is 35.5. The van der Waals surface area contributed by atoms with E-state index in [1.165, 1.54) is 36.1 Å². The number of carbonyl (C=O) groups is 1. The van der Waals surface area contributed by atoms with E-state index in [0.29, 0.717) is 31.0 Å². The molecule has 2 unspecified atom stereocenters. The number of likely N-dealkylation sites (tertiary alicyclic amines) is 1. The van der Waals surface area contributed by atoms with Crippen LogP contribution < -0.4 is 0 Å². The predicted molar refractivity (Wildman–Crippen MR) is 115 cm³/mol. The quantitative estimate of drug-likeness (QED) is 0.654. The van der Waals surface area contributed by atoms with Crippen molar-refractivity contribution < 1.29 is 31.8 Å². The molecule has 0 aliphatic carbocycles. The van der Waals surface area contributed by atoms with Gasteiger partial charge in [-0.25, -0.2) is 22.0 Å². The number of carbonyl (C=O) groups excluding carboxylic acids is 1. The highest BCUT2D eigenvalue weighted by Crippen LogP contribution is 2.37. The van der Waals surface area contributed by atoms with Crippen LogP contribution in [-0.2, 0) is 14.6 Å². The van der Waals surface area contributed by atoms with Gasteiger partial charge in [-0.2, -0.15) is 0 Å². The molecular weight excluding hydrogens is 464 g/mol. The van der Waals surface area contributed by atoms with Crippen LogP contribution in [0.4, 0.5) is 13.6 Å². The molecule has 6 nitrogen and oxygen atoms in total. The van der Waals surface area contributed by atoms with E-state index in [0.717, 1.165) is 18.2 Å². The first-order chi connectivity index (χ1) is 15.1. The number of halogens is 3. The van der Waals surface area contributed by atoms with Crippen molar-refractivity contribution in [2.75, 3.05) is 19.7 Å². The minimum Gasteiger partial charge on any atom is -0.449 e. The summed E-state index contributed by atoms with van der Waals surface area (Å²) in [6.45, 7) is 1.81. The van der Waals surface area contributed by atoms with Gasteiger partial charge in [-0.1, -0.05) is 18.5 Å². The summed E-state index contributed by atoms with van der Waals surface area (Å²) in [6, 6.07) is 7.98. The largest absolute Gasteiger partial charge is 0.449 e. The van der Waals surface area contributed by atoms with Gasteiger partial charge in [0.2, 0.25) is 0 Å². The maximum absolute atomic E-state index is 14.6. The van der Waals surface area contributed by atoms with Crippen LogP contribution >= 0.6 is 11.6 Å². The molecule has 32 heavy (non-hydrogen) atoms. The zero-order valence-electron chi connectivity index (χ0n) is 17.4. The molecule has 1 aliphatic heterocycles. The van der Waals surface area contributed by atoms with Crippen LogP contribution in [0.5, 0.6) is 0 Å². The smallest absolute Gasteiger partial charge is 0.409 e. The van der Waals surface area contributed by atoms with Gasteiger partial charge in [0.05, 0.1) is 22.9 Å². The zero-order chi connectivity index (χ0) is 23.5. The summed E-state index contributed by atoms with van der Waals surface area (Å²) < 4.78 is 60.7. The van der Waals surface area contributed by atoms with Gasteiger partial charge in [0, 0.05) is 29.6 Å². The minimum atomic E-state index is -4.19. The molecule has 0 spiro atoms. The minimum absolute atomic E-state index is 0.112. The Hall–Kier alpha value is -2.23. The SMILES string of the molecule is CC(COC(=O)N1CCC(O)CC1)C(c1cc(F)ccc1F)S(=O)(=O)c1ccc(Cl)cc1. The highest BCUT2D eigenvalue weighted by Gasteiger charge is 2.37. The Morgan fingerprint density at radius 3 is 2.44 bits per heavy atom. The third-order valence-electron chi connectivity index (χ3n) is 5.45. The number of ether oxygens (including phenoxy) is 1. The van der Waals surface area contributed by atoms with Gasteiger partial charge in [-0.3, -0.25) is 0 Å². The van der Waals surface area contributed by atoms with E-state index in [2.05, 4.69) is 0 Å². The number of hydrogen-bond donors (Lipinski definition) is 1. The second-order valence-corrected chi connectivity index (χ2v) is 10.4. The molecule has 1 heterocycles. The van der Waals surface area contributed by atoms with Crippen LogP contribution in [0.1, 0.15) is 30.6 Å². The molecule has 1 fully saturated rings. The first kappa shape index (κ1) is 24.4. The highest BCUT2D eigenvalue weighted by molar-refractivity contribution is 7.91. The van der Waals surface area contributed by atoms with E-state index in [-0.39, 0.29) is 17.1 Å². The van der Waals surface area contributed by atoms with Crippen molar-refractivity contribution in [1.29, 1.82) is 0 Å². The lowest BCUT2D eigenvalue weighted by Crippen LogP contribution is -2.41.